The molecule has 76 valence electrons. The van der Waals surface area contributed by atoms with E-state index in [1.165, 1.54) is 30.8 Å². The Hall–Kier alpha value is 1.05. The molecule has 0 nitrogen and oxygen atoms in total. The summed E-state index contributed by atoms with van der Waals surface area (Å²) in [5.74, 6) is 2.78. The van der Waals surface area contributed by atoms with Gasteiger partial charge in [0.15, 0.2) is 0 Å². The van der Waals surface area contributed by atoms with Crippen LogP contribution in [0.4, 0.5) is 0 Å². The molecule has 0 bridgehead atoms. The van der Waals surface area contributed by atoms with Gasteiger partial charge in [0.2, 0.25) is 0 Å². The van der Waals surface area contributed by atoms with Crippen LogP contribution in [0, 0.1) is 0 Å². The largest absolute Gasteiger partial charge is 0.158 e. The monoisotopic (exact) mass is 234 g/mol. The lowest BCUT2D eigenvalue weighted by atomic mass is 10.2. The van der Waals surface area contributed by atoms with E-state index in [1.807, 2.05) is 0 Å². The van der Waals surface area contributed by atoms with Gasteiger partial charge >= 0.3 is 0 Å². The van der Waals surface area contributed by atoms with Crippen molar-refractivity contribution in [2.45, 2.75) is 47.7 Å². The summed E-state index contributed by atoms with van der Waals surface area (Å²) >= 11 is 6.61. The summed E-state index contributed by atoms with van der Waals surface area (Å²) in [6, 6.07) is 0. The third kappa shape index (κ3) is 2.54. The first-order chi connectivity index (χ1) is 6.20. The van der Waals surface area contributed by atoms with Crippen molar-refractivity contribution in [3.05, 3.63) is 0 Å². The Morgan fingerprint density at radius 1 is 1.38 bits per heavy atom. The standard InChI is InChI=1S/C10H18S3/c1-8-9(4-7-11-8)13-10(2)5-3-6-12-10/h8-9H,3-7H2,1-2H3. The van der Waals surface area contributed by atoms with E-state index in [0.717, 1.165) is 10.5 Å². The Kier molecular flexibility index (Phi) is 3.48. The van der Waals surface area contributed by atoms with Gasteiger partial charge in [-0.1, -0.05) is 6.92 Å². The fraction of sp³-hybridized carbons (Fsp3) is 1.00. The average molecular weight is 234 g/mol. The average Bonchev–Trinajstić information content (AvgIpc) is 2.64. The number of thioether (sulfide) groups is 3. The molecule has 2 aliphatic rings. The van der Waals surface area contributed by atoms with Crippen LogP contribution in [-0.4, -0.2) is 26.1 Å². The van der Waals surface area contributed by atoms with Gasteiger partial charge in [-0.15, -0.1) is 23.5 Å². The number of hydrogen-bond donors (Lipinski definition) is 0. The molecule has 0 amide bonds. The van der Waals surface area contributed by atoms with Crippen molar-refractivity contribution in [2.24, 2.45) is 0 Å². The van der Waals surface area contributed by atoms with Crippen LogP contribution in [0.3, 0.4) is 0 Å². The quantitative estimate of drug-likeness (QED) is 0.712. The van der Waals surface area contributed by atoms with Crippen molar-refractivity contribution in [1.29, 1.82) is 0 Å². The normalized spacial score (nSPS) is 45.7. The summed E-state index contributed by atoms with van der Waals surface area (Å²) in [5.41, 5.74) is 0. The van der Waals surface area contributed by atoms with Gasteiger partial charge in [-0.2, -0.15) is 11.8 Å². The van der Waals surface area contributed by atoms with Crippen molar-refractivity contribution >= 4 is 35.3 Å². The zero-order valence-electron chi connectivity index (χ0n) is 8.41. The van der Waals surface area contributed by atoms with E-state index in [-0.39, 0.29) is 0 Å². The Balaban J connectivity index is 1.88. The van der Waals surface area contributed by atoms with E-state index in [4.69, 9.17) is 0 Å². The second kappa shape index (κ2) is 4.28. The van der Waals surface area contributed by atoms with Crippen LogP contribution < -0.4 is 0 Å². The van der Waals surface area contributed by atoms with Crippen LogP contribution in [0.2, 0.25) is 0 Å². The summed E-state index contributed by atoms with van der Waals surface area (Å²) < 4.78 is 0.559. The molecule has 0 N–H and O–H groups in total. The molecule has 3 unspecified atom stereocenters. The van der Waals surface area contributed by atoms with Gasteiger partial charge < -0.3 is 0 Å². The second-order valence-corrected chi connectivity index (χ2v) is 9.19. The molecule has 0 radical (unpaired) electrons. The summed E-state index contributed by atoms with van der Waals surface area (Å²) in [6.45, 7) is 4.85. The van der Waals surface area contributed by atoms with Gasteiger partial charge in [-0.3, -0.25) is 0 Å². The fourth-order valence-electron chi connectivity index (χ4n) is 2.03. The molecular formula is C10H18S3. The third-order valence-electron chi connectivity index (χ3n) is 2.89. The first-order valence-corrected chi connectivity index (χ1v) is 8.04. The lowest BCUT2D eigenvalue weighted by molar-refractivity contribution is 0.775. The zero-order valence-corrected chi connectivity index (χ0v) is 10.9. The van der Waals surface area contributed by atoms with E-state index in [1.54, 1.807) is 0 Å². The van der Waals surface area contributed by atoms with E-state index >= 15 is 0 Å². The highest BCUT2D eigenvalue weighted by atomic mass is 32.2. The van der Waals surface area contributed by atoms with Crippen LogP contribution in [0.5, 0.6) is 0 Å². The summed E-state index contributed by atoms with van der Waals surface area (Å²) in [7, 11) is 0. The van der Waals surface area contributed by atoms with Crippen LogP contribution in [0.15, 0.2) is 0 Å². The molecule has 0 aromatic heterocycles. The van der Waals surface area contributed by atoms with Crippen molar-refractivity contribution in [3.63, 3.8) is 0 Å². The predicted molar refractivity (Wildman–Crippen MR) is 68.0 cm³/mol. The number of rotatable bonds is 2. The molecule has 3 atom stereocenters. The first kappa shape index (κ1) is 10.6. The molecule has 0 aromatic rings. The van der Waals surface area contributed by atoms with E-state index in [0.29, 0.717) is 4.08 Å². The zero-order chi connectivity index (χ0) is 9.31. The molecule has 0 spiro atoms. The third-order valence-corrected chi connectivity index (χ3v) is 7.99. The molecule has 0 aromatic carbocycles. The van der Waals surface area contributed by atoms with Gasteiger partial charge in [0, 0.05) is 10.5 Å². The molecule has 0 saturated carbocycles. The van der Waals surface area contributed by atoms with Crippen molar-refractivity contribution < 1.29 is 0 Å². The molecular weight excluding hydrogens is 216 g/mol. The Morgan fingerprint density at radius 3 is 2.77 bits per heavy atom. The van der Waals surface area contributed by atoms with Gasteiger partial charge in [0.05, 0.1) is 4.08 Å². The van der Waals surface area contributed by atoms with Gasteiger partial charge in [-0.25, -0.2) is 0 Å². The Morgan fingerprint density at radius 2 is 2.23 bits per heavy atom. The van der Waals surface area contributed by atoms with Crippen LogP contribution in [0.25, 0.3) is 0 Å². The van der Waals surface area contributed by atoms with Crippen molar-refractivity contribution in [3.8, 4) is 0 Å². The lowest BCUT2D eigenvalue weighted by Crippen LogP contribution is -2.20. The first-order valence-electron chi connectivity index (χ1n) is 5.13. The van der Waals surface area contributed by atoms with Crippen molar-refractivity contribution in [2.75, 3.05) is 11.5 Å². The number of hydrogen-bond acceptors (Lipinski definition) is 3. The lowest BCUT2D eigenvalue weighted by Gasteiger charge is -2.27. The Bertz CT molecular complexity index is 175. The maximum Gasteiger partial charge on any atom is 0.0586 e. The van der Waals surface area contributed by atoms with E-state index in [9.17, 15) is 0 Å². The van der Waals surface area contributed by atoms with Gasteiger partial charge in [0.25, 0.3) is 0 Å². The van der Waals surface area contributed by atoms with E-state index < -0.39 is 0 Å². The summed E-state index contributed by atoms with van der Waals surface area (Å²) in [5, 5.41) is 1.82. The van der Waals surface area contributed by atoms with Gasteiger partial charge in [-0.05, 0) is 37.7 Å². The molecule has 2 rings (SSSR count). The van der Waals surface area contributed by atoms with Crippen LogP contribution in [-0.2, 0) is 0 Å². The highest BCUT2D eigenvalue weighted by molar-refractivity contribution is 8.19. The highest BCUT2D eigenvalue weighted by Gasteiger charge is 2.36. The second-order valence-electron chi connectivity index (χ2n) is 4.11. The summed E-state index contributed by atoms with van der Waals surface area (Å²) in [6.07, 6.45) is 4.30. The molecule has 2 aliphatic heterocycles. The minimum Gasteiger partial charge on any atom is -0.158 e. The minimum atomic E-state index is 0.559. The molecule has 2 heterocycles. The SMILES string of the molecule is CC1SCCC1SC1(C)CCCS1. The Labute approximate surface area is 94.4 Å². The smallest absolute Gasteiger partial charge is 0.0586 e. The molecule has 2 fully saturated rings. The molecule has 13 heavy (non-hydrogen) atoms. The van der Waals surface area contributed by atoms with Crippen LogP contribution >= 0.6 is 35.3 Å². The van der Waals surface area contributed by atoms with Gasteiger partial charge in [0.1, 0.15) is 0 Å². The maximum atomic E-state index is 2.45. The predicted octanol–water partition coefficient (Wildman–Crippen LogP) is 3.86. The molecule has 3 heteroatoms. The minimum absolute atomic E-state index is 0.559. The van der Waals surface area contributed by atoms with E-state index in [2.05, 4.69) is 49.1 Å². The highest BCUT2D eigenvalue weighted by Crippen LogP contribution is 2.51. The maximum absolute atomic E-state index is 2.45. The topological polar surface area (TPSA) is 0 Å². The molecule has 2 saturated heterocycles. The van der Waals surface area contributed by atoms with Crippen molar-refractivity contribution in [1.82, 2.24) is 0 Å². The fourth-order valence-corrected chi connectivity index (χ4v) is 6.93. The molecule has 0 aliphatic carbocycles. The summed E-state index contributed by atoms with van der Waals surface area (Å²) in [4.78, 5) is 0. The van der Waals surface area contributed by atoms with Crippen LogP contribution in [0.1, 0.15) is 33.1 Å².